The Balaban J connectivity index is 2.47. The molecule has 0 amide bonds. The van der Waals surface area contributed by atoms with Crippen molar-refractivity contribution in [3.05, 3.63) is 29.0 Å². The number of carbonyl (C=O) groups is 1. The molecule has 1 aliphatic rings. The zero-order valence-electron chi connectivity index (χ0n) is 6.83. The molecule has 1 aromatic heterocycles. The molecule has 13 heavy (non-hydrogen) atoms. The molecule has 1 aliphatic carbocycles. The summed E-state index contributed by atoms with van der Waals surface area (Å²) in [5, 5.41) is 9.49. The molecular weight excluding hydrogens is 190 g/mol. The van der Waals surface area contributed by atoms with Gasteiger partial charge in [0.15, 0.2) is 0 Å². The van der Waals surface area contributed by atoms with Crippen LogP contribution >= 0.6 is 11.6 Å². The first-order chi connectivity index (χ1) is 6.17. The third kappa shape index (κ3) is 1.20. The molecule has 0 radical (unpaired) electrons. The van der Waals surface area contributed by atoms with Gasteiger partial charge in [0.2, 0.25) is 0 Å². The second kappa shape index (κ2) is 2.70. The molecule has 1 saturated carbocycles. The van der Waals surface area contributed by atoms with Crippen LogP contribution in [0.2, 0.25) is 5.02 Å². The summed E-state index contributed by atoms with van der Waals surface area (Å²) in [7, 11) is 0. The van der Waals surface area contributed by atoms with Crippen LogP contribution in [0.4, 0.5) is 0 Å². The second-order valence-electron chi connectivity index (χ2n) is 3.24. The standard InChI is InChI=1S/C9H8ClNO2/c10-7-1-4-11-5-6(7)9(2-3-9)8(12)13/h1,4-5H,2-3H2,(H,12,13). The van der Waals surface area contributed by atoms with Gasteiger partial charge in [0.25, 0.3) is 0 Å². The Morgan fingerprint density at radius 2 is 2.31 bits per heavy atom. The maximum atomic E-state index is 10.9. The molecule has 2 rings (SSSR count). The summed E-state index contributed by atoms with van der Waals surface area (Å²) >= 11 is 5.89. The Bertz CT molecular complexity index is 360. The van der Waals surface area contributed by atoms with Crippen LogP contribution in [-0.4, -0.2) is 16.1 Å². The van der Waals surface area contributed by atoms with E-state index in [1.165, 1.54) is 0 Å². The number of carboxylic acids is 1. The molecular formula is C9H8ClNO2. The van der Waals surface area contributed by atoms with E-state index in [-0.39, 0.29) is 0 Å². The molecule has 1 fully saturated rings. The second-order valence-corrected chi connectivity index (χ2v) is 3.65. The van der Waals surface area contributed by atoms with Crippen molar-refractivity contribution >= 4 is 17.6 Å². The molecule has 0 spiro atoms. The van der Waals surface area contributed by atoms with Gasteiger partial charge in [-0.15, -0.1) is 0 Å². The zero-order valence-corrected chi connectivity index (χ0v) is 7.58. The van der Waals surface area contributed by atoms with E-state index >= 15 is 0 Å². The van der Waals surface area contributed by atoms with Gasteiger partial charge < -0.3 is 5.11 Å². The fourth-order valence-corrected chi connectivity index (χ4v) is 1.74. The van der Waals surface area contributed by atoms with Crippen LogP contribution in [0.25, 0.3) is 0 Å². The number of carboxylic acid groups (broad SMARTS) is 1. The summed E-state index contributed by atoms with van der Waals surface area (Å²) in [5.41, 5.74) is -0.102. The average Bonchev–Trinajstić information content (AvgIpc) is 2.85. The van der Waals surface area contributed by atoms with Crippen LogP contribution in [0, 0.1) is 0 Å². The summed E-state index contributed by atoms with van der Waals surface area (Å²) < 4.78 is 0. The highest BCUT2D eigenvalue weighted by molar-refractivity contribution is 6.31. The summed E-state index contributed by atoms with van der Waals surface area (Å²) in [6, 6.07) is 1.62. The third-order valence-electron chi connectivity index (χ3n) is 2.44. The number of aromatic nitrogens is 1. The van der Waals surface area contributed by atoms with E-state index in [9.17, 15) is 4.79 Å². The Kier molecular flexibility index (Phi) is 1.77. The number of halogens is 1. The van der Waals surface area contributed by atoms with Gasteiger partial charge in [-0.2, -0.15) is 0 Å². The fourth-order valence-electron chi connectivity index (χ4n) is 1.45. The summed E-state index contributed by atoms with van der Waals surface area (Å²) in [6.45, 7) is 0. The molecule has 1 N–H and O–H groups in total. The molecule has 0 aliphatic heterocycles. The quantitative estimate of drug-likeness (QED) is 0.787. The van der Waals surface area contributed by atoms with E-state index < -0.39 is 11.4 Å². The van der Waals surface area contributed by atoms with Crippen molar-refractivity contribution in [1.29, 1.82) is 0 Å². The molecule has 0 atom stereocenters. The first-order valence-corrected chi connectivity index (χ1v) is 4.38. The highest BCUT2D eigenvalue weighted by Crippen LogP contribution is 2.50. The molecule has 0 aromatic carbocycles. The Labute approximate surface area is 80.4 Å². The highest BCUT2D eigenvalue weighted by Gasteiger charge is 2.53. The first kappa shape index (κ1) is 8.51. The van der Waals surface area contributed by atoms with Crippen LogP contribution in [-0.2, 0) is 10.2 Å². The van der Waals surface area contributed by atoms with Crippen LogP contribution in [0.5, 0.6) is 0 Å². The maximum Gasteiger partial charge on any atom is 0.314 e. The Morgan fingerprint density at radius 3 is 2.77 bits per heavy atom. The van der Waals surface area contributed by atoms with Crippen molar-refractivity contribution in [2.75, 3.05) is 0 Å². The lowest BCUT2D eigenvalue weighted by molar-refractivity contribution is -0.140. The van der Waals surface area contributed by atoms with E-state index in [0.717, 1.165) is 0 Å². The zero-order chi connectivity index (χ0) is 9.47. The van der Waals surface area contributed by atoms with Crippen molar-refractivity contribution in [3.63, 3.8) is 0 Å². The molecule has 1 heterocycles. The monoisotopic (exact) mass is 197 g/mol. The van der Waals surface area contributed by atoms with Crippen LogP contribution in [0.1, 0.15) is 18.4 Å². The smallest absolute Gasteiger partial charge is 0.314 e. The molecule has 68 valence electrons. The fraction of sp³-hybridized carbons (Fsp3) is 0.333. The third-order valence-corrected chi connectivity index (χ3v) is 2.77. The number of pyridine rings is 1. The van der Waals surface area contributed by atoms with Crippen LogP contribution in [0.3, 0.4) is 0 Å². The van der Waals surface area contributed by atoms with E-state index in [0.29, 0.717) is 23.4 Å². The van der Waals surface area contributed by atoms with E-state index in [4.69, 9.17) is 16.7 Å². The number of nitrogens with zero attached hydrogens (tertiary/aromatic N) is 1. The Hall–Kier alpha value is -1.09. The van der Waals surface area contributed by atoms with Gasteiger partial charge in [0.05, 0.1) is 5.41 Å². The van der Waals surface area contributed by atoms with Crippen molar-refractivity contribution < 1.29 is 9.90 Å². The van der Waals surface area contributed by atoms with Gasteiger partial charge in [0.1, 0.15) is 0 Å². The molecule has 3 nitrogen and oxygen atoms in total. The number of hydrogen-bond donors (Lipinski definition) is 1. The lowest BCUT2D eigenvalue weighted by Gasteiger charge is -2.10. The minimum atomic E-state index is -0.803. The predicted molar refractivity (Wildman–Crippen MR) is 47.8 cm³/mol. The van der Waals surface area contributed by atoms with Gasteiger partial charge in [0, 0.05) is 23.0 Å². The minimum Gasteiger partial charge on any atom is -0.481 e. The normalized spacial score (nSPS) is 18.2. The lowest BCUT2D eigenvalue weighted by atomic mass is 9.98. The SMILES string of the molecule is O=C(O)C1(c2cnccc2Cl)CC1. The Morgan fingerprint density at radius 1 is 1.62 bits per heavy atom. The topological polar surface area (TPSA) is 50.2 Å². The maximum absolute atomic E-state index is 10.9. The number of hydrogen-bond acceptors (Lipinski definition) is 2. The number of rotatable bonds is 2. The van der Waals surface area contributed by atoms with E-state index in [1.807, 2.05) is 0 Å². The van der Waals surface area contributed by atoms with E-state index in [1.54, 1.807) is 18.5 Å². The number of aliphatic carboxylic acids is 1. The van der Waals surface area contributed by atoms with Crippen LogP contribution in [0.15, 0.2) is 18.5 Å². The van der Waals surface area contributed by atoms with Crippen molar-refractivity contribution in [1.82, 2.24) is 4.98 Å². The largest absolute Gasteiger partial charge is 0.481 e. The molecule has 1 aromatic rings. The summed E-state index contributed by atoms with van der Waals surface area (Å²) in [4.78, 5) is 14.8. The lowest BCUT2D eigenvalue weighted by Crippen LogP contribution is -2.20. The first-order valence-electron chi connectivity index (χ1n) is 4.00. The summed E-state index contributed by atoms with van der Waals surface area (Å²) in [5.74, 6) is -0.803. The highest BCUT2D eigenvalue weighted by atomic mass is 35.5. The van der Waals surface area contributed by atoms with Gasteiger partial charge in [-0.3, -0.25) is 9.78 Å². The van der Waals surface area contributed by atoms with Gasteiger partial charge in [-0.25, -0.2) is 0 Å². The van der Waals surface area contributed by atoms with Crippen molar-refractivity contribution in [2.24, 2.45) is 0 Å². The molecule has 0 unspecified atom stereocenters. The minimum absolute atomic E-state index is 0.495. The molecule has 0 bridgehead atoms. The average molecular weight is 198 g/mol. The summed E-state index contributed by atoms with van der Waals surface area (Å²) in [6.07, 6.45) is 4.43. The van der Waals surface area contributed by atoms with Crippen molar-refractivity contribution in [2.45, 2.75) is 18.3 Å². The van der Waals surface area contributed by atoms with Crippen molar-refractivity contribution in [3.8, 4) is 0 Å². The molecule has 4 heteroatoms. The van der Waals surface area contributed by atoms with Gasteiger partial charge in [-0.1, -0.05) is 11.6 Å². The van der Waals surface area contributed by atoms with E-state index in [2.05, 4.69) is 4.98 Å². The molecule has 0 saturated heterocycles. The van der Waals surface area contributed by atoms with Gasteiger partial charge >= 0.3 is 5.97 Å². The predicted octanol–water partition coefficient (Wildman–Crippen LogP) is 1.85. The van der Waals surface area contributed by atoms with Crippen LogP contribution < -0.4 is 0 Å². The van der Waals surface area contributed by atoms with Gasteiger partial charge in [-0.05, 0) is 18.9 Å².